The second-order valence-electron chi connectivity index (χ2n) is 6.79. The Bertz CT molecular complexity index is 1170. The molecule has 0 atom stereocenters. The number of anilines is 2. The summed E-state index contributed by atoms with van der Waals surface area (Å²) in [7, 11) is -3.90. The lowest BCUT2D eigenvalue weighted by molar-refractivity contribution is 0.102. The number of hydrogen-bond donors (Lipinski definition) is 2. The smallest absolute Gasteiger partial charge is 0.262 e. The standard InChI is InChI=1S/C22H21FN2O3S/c1-14-5-4-6-20(16(14)3)25-29(27,28)21-13-17(8-7-15(21)2)22(26)24-19-11-9-18(23)10-12-19/h4-13,25H,1-3H3,(H,24,26). The number of hydrogen-bond acceptors (Lipinski definition) is 3. The van der Waals surface area contributed by atoms with Crippen molar-refractivity contribution < 1.29 is 17.6 Å². The number of halogens is 1. The van der Waals surface area contributed by atoms with Crippen molar-refractivity contribution in [2.75, 3.05) is 10.0 Å². The van der Waals surface area contributed by atoms with Crippen molar-refractivity contribution in [3.05, 3.63) is 88.7 Å². The summed E-state index contributed by atoms with van der Waals surface area (Å²) in [5.41, 5.74) is 3.40. The zero-order valence-corrected chi connectivity index (χ0v) is 17.1. The van der Waals surface area contributed by atoms with Crippen molar-refractivity contribution in [2.24, 2.45) is 0 Å². The Labute approximate surface area is 169 Å². The molecule has 0 saturated heterocycles. The molecule has 0 heterocycles. The summed E-state index contributed by atoms with van der Waals surface area (Å²) in [5, 5.41) is 2.63. The van der Waals surface area contributed by atoms with E-state index in [4.69, 9.17) is 0 Å². The molecule has 0 spiro atoms. The normalized spacial score (nSPS) is 11.2. The summed E-state index contributed by atoms with van der Waals surface area (Å²) in [6, 6.07) is 15.2. The molecule has 0 fully saturated rings. The van der Waals surface area contributed by atoms with Crippen molar-refractivity contribution in [3.63, 3.8) is 0 Å². The Kier molecular flexibility index (Phi) is 5.70. The SMILES string of the molecule is Cc1ccc(C(=O)Nc2ccc(F)cc2)cc1S(=O)(=O)Nc1cccc(C)c1C. The van der Waals surface area contributed by atoms with Crippen LogP contribution in [0.25, 0.3) is 0 Å². The molecule has 2 N–H and O–H groups in total. The number of aryl methyl sites for hydroxylation is 2. The number of carbonyl (C=O) groups is 1. The molecule has 150 valence electrons. The molecule has 7 heteroatoms. The van der Waals surface area contributed by atoms with Crippen molar-refractivity contribution in [2.45, 2.75) is 25.7 Å². The average molecular weight is 412 g/mol. The monoisotopic (exact) mass is 412 g/mol. The maximum Gasteiger partial charge on any atom is 0.262 e. The Morgan fingerprint density at radius 2 is 1.59 bits per heavy atom. The molecule has 0 aromatic heterocycles. The van der Waals surface area contributed by atoms with Crippen LogP contribution in [-0.2, 0) is 10.0 Å². The minimum Gasteiger partial charge on any atom is -0.322 e. The van der Waals surface area contributed by atoms with Crippen LogP contribution in [0.5, 0.6) is 0 Å². The van der Waals surface area contributed by atoms with E-state index < -0.39 is 21.7 Å². The van der Waals surface area contributed by atoms with Gasteiger partial charge < -0.3 is 5.32 Å². The Morgan fingerprint density at radius 3 is 2.28 bits per heavy atom. The van der Waals surface area contributed by atoms with Gasteiger partial charge in [-0.05, 0) is 79.9 Å². The van der Waals surface area contributed by atoms with Gasteiger partial charge in [0.05, 0.1) is 10.6 Å². The lowest BCUT2D eigenvalue weighted by Crippen LogP contribution is -2.17. The van der Waals surface area contributed by atoms with Crippen molar-refractivity contribution in [1.29, 1.82) is 0 Å². The molecule has 0 aliphatic rings. The van der Waals surface area contributed by atoms with E-state index in [1.54, 1.807) is 31.2 Å². The van der Waals surface area contributed by atoms with E-state index in [0.29, 0.717) is 16.9 Å². The average Bonchev–Trinajstić information content (AvgIpc) is 2.67. The van der Waals surface area contributed by atoms with Gasteiger partial charge in [-0.15, -0.1) is 0 Å². The lowest BCUT2D eigenvalue weighted by Gasteiger charge is -2.14. The second-order valence-corrected chi connectivity index (χ2v) is 8.45. The Morgan fingerprint density at radius 1 is 0.897 bits per heavy atom. The molecule has 3 aromatic rings. The van der Waals surface area contributed by atoms with Crippen LogP contribution in [0.15, 0.2) is 65.6 Å². The second kappa shape index (κ2) is 8.05. The first-order chi connectivity index (χ1) is 13.7. The van der Waals surface area contributed by atoms with Gasteiger partial charge in [-0.25, -0.2) is 12.8 Å². The van der Waals surface area contributed by atoms with Gasteiger partial charge in [-0.1, -0.05) is 18.2 Å². The topological polar surface area (TPSA) is 75.3 Å². The highest BCUT2D eigenvalue weighted by molar-refractivity contribution is 7.92. The third-order valence-corrected chi connectivity index (χ3v) is 6.20. The summed E-state index contributed by atoms with van der Waals surface area (Å²) in [4.78, 5) is 12.5. The quantitative estimate of drug-likeness (QED) is 0.632. The highest BCUT2D eigenvalue weighted by atomic mass is 32.2. The number of amides is 1. The zero-order valence-electron chi connectivity index (χ0n) is 16.3. The van der Waals surface area contributed by atoms with Gasteiger partial charge in [0, 0.05) is 11.3 Å². The fourth-order valence-electron chi connectivity index (χ4n) is 2.83. The van der Waals surface area contributed by atoms with E-state index in [0.717, 1.165) is 11.1 Å². The van der Waals surface area contributed by atoms with Gasteiger partial charge >= 0.3 is 0 Å². The minimum absolute atomic E-state index is 0.0187. The van der Waals surface area contributed by atoms with Crippen LogP contribution in [-0.4, -0.2) is 14.3 Å². The third kappa shape index (κ3) is 4.63. The van der Waals surface area contributed by atoms with Gasteiger partial charge in [0.2, 0.25) is 0 Å². The number of rotatable bonds is 5. The van der Waals surface area contributed by atoms with Gasteiger partial charge in [0.25, 0.3) is 15.9 Å². The van der Waals surface area contributed by atoms with E-state index in [2.05, 4.69) is 10.0 Å². The van der Waals surface area contributed by atoms with Crippen LogP contribution in [0.3, 0.4) is 0 Å². The van der Waals surface area contributed by atoms with Crippen LogP contribution in [0.4, 0.5) is 15.8 Å². The third-order valence-electron chi connectivity index (χ3n) is 4.69. The molecule has 29 heavy (non-hydrogen) atoms. The highest BCUT2D eigenvalue weighted by Gasteiger charge is 2.20. The Balaban J connectivity index is 1.90. The molecular weight excluding hydrogens is 391 g/mol. The summed E-state index contributed by atoms with van der Waals surface area (Å²) < 4.78 is 41.6. The summed E-state index contributed by atoms with van der Waals surface area (Å²) in [6.45, 7) is 5.41. The van der Waals surface area contributed by atoms with Gasteiger partial charge in [0.15, 0.2) is 0 Å². The molecule has 3 aromatic carbocycles. The molecule has 0 aliphatic heterocycles. The summed E-state index contributed by atoms with van der Waals surface area (Å²) >= 11 is 0. The molecule has 1 amide bonds. The highest BCUT2D eigenvalue weighted by Crippen LogP contribution is 2.24. The van der Waals surface area contributed by atoms with E-state index in [-0.39, 0.29) is 10.5 Å². The fraction of sp³-hybridized carbons (Fsp3) is 0.136. The van der Waals surface area contributed by atoms with Gasteiger partial charge in [0.1, 0.15) is 5.82 Å². The Hall–Kier alpha value is -3.19. The van der Waals surface area contributed by atoms with Gasteiger partial charge in [-0.3, -0.25) is 9.52 Å². The van der Waals surface area contributed by atoms with Crippen LogP contribution >= 0.6 is 0 Å². The fourth-order valence-corrected chi connectivity index (χ4v) is 4.22. The van der Waals surface area contributed by atoms with Crippen molar-refractivity contribution in [3.8, 4) is 0 Å². The molecule has 0 bridgehead atoms. The molecule has 0 saturated carbocycles. The number of nitrogens with one attached hydrogen (secondary N) is 2. The van der Waals surface area contributed by atoms with Gasteiger partial charge in [-0.2, -0.15) is 0 Å². The maximum absolute atomic E-state index is 13.0. The number of carbonyl (C=O) groups excluding carboxylic acids is 1. The van der Waals surface area contributed by atoms with Crippen LogP contribution in [0.2, 0.25) is 0 Å². The first-order valence-corrected chi connectivity index (χ1v) is 10.4. The van der Waals surface area contributed by atoms with E-state index in [9.17, 15) is 17.6 Å². The maximum atomic E-state index is 13.0. The van der Waals surface area contributed by atoms with Crippen LogP contribution < -0.4 is 10.0 Å². The molecular formula is C22H21FN2O3S. The number of sulfonamides is 1. The molecule has 3 rings (SSSR count). The number of benzene rings is 3. The van der Waals surface area contributed by atoms with Crippen molar-refractivity contribution in [1.82, 2.24) is 0 Å². The lowest BCUT2D eigenvalue weighted by atomic mass is 10.1. The summed E-state index contributed by atoms with van der Waals surface area (Å²) in [6.07, 6.45) is 0. The first-order valence-electron chi connectivity index (χ1n) is 8.94. The molecule has 0 unspecified atom stereocenters. The molecule has 0 radical (unpaired) electrons. The molecule has 5 nitrogen and oxygen atoms in total. The molecule has 0 aliphatic carbocycles. The van der Waals surface area contributed by atoms with Crippen molar-refractivity contribution >= 4 is 27.3 Å². The minimum atomic E-state index is -3.90. The van der Waals surface area contributed by atoms with E-state index in [1.807, 2.05) is 19.9 Å². The van der Waals surface area contributed by atoms with Crippen LogP contribution in [0, 0.1) is 26.6 Å². The van der Waals surface area contributed by atoms with Crippen LogP contribution in [0.1, 0.15) is 27.0 Å². The largest absolute Gasteiger partial charge is 0.322 e. The van der Waals surface area contributed by atoms with E-state index >= 15 is 0 Å². The first kappa shape index (κ1) is 20.5. The zero-order chi connectivity index (χ0) is 21.2. The predicted molar refractivity (Wildman–Crippen MR) is 112 cm³/mol. The summed E-state index contributed by atoms with van der Waals surface area (Å²) in [5.74, 6) is -0.899. The van der Waals surface area contributed by atoms with E-state index in [1.165, 1.54) is 30.3 Å². The predicted octanol–water partition coefficient (Wildman–Crippen LogP) is 4.80.